The van der Waals surface area contributed by atoms with Crippen molar-refractivity contribution in [2.24, 2.45) is 0 Å². The molecule has 1 heterocycles. The summed E-state index contributed by atoms with van der Waals surface area (Å²) in [7, 11) is -2.10. The Morgan fingerprint density at radius 2 is 2.09 bits per heavy atom. The second-order valence-corrected chi connectivity index (χ2v) is 7.72. The molecule has 0 aliphatic heterocycles. The number of nitrogens with one attached hydrogen (secondary N) is 1. The van der Waals surface area contributed by atoms with E-state index >= 15 is 0 Å². The molecule has 1 aromatic heterocycles. The second kappa shape index (κ2) is 7.21. The van der Waals surface area contributed by atoms with Crippen LogP contribution in [0.15, 0.2) is 28.5 Å². The summed E-state index contributed by atoms with van der Waals surface area (Å²) in [4.78, 5) is 4.54. The SMILES string of the molecule is COc1ccc(C)cc1S(=O)(=O)NCCCc1nc(C)cs1. The van der Waals surface area contributed by atoms with E-state index in [4.69, 9.17) is 4.74 Å². The van der Waals surface area contributed by atoms with Gasteiger partial charge in [0, 0.05) is 24.0 Å². The molecule has 5 nitrogen and oxygen atoms in total. The summed E-state index contributed by atoms with van der Waals surface area (Å²) in [6.45, 7) is 4.17. The molecule has 0 spiro atoms. The quantitative estimate of drug-likeness (QED) is 0.787. The van der Waals surface area contributed by atoms with E-state index in [1.54, 1.807) is 23.5 Å². The molecule has 0 fully saturated rings. The van der Waals surface area contributed by atoms with Gasteiger partial charge in [-0.25, -0.2) is 18.1 Å². The molecule has 0 amide bonds. The Morgan fingerprint density at radius 3 is 2.73 bits per heavy atom. The van der Waals surface area contributed by atoms with Crippen LogP contribution in [0.25, 0.3) is 0 Å². The third-order valence-corrected chi connectivity index (χ3v) is 5.64. The molecule has 120 valence electrons. The van der Waals surface area contributed by atoms with E-state index in [1.165, 1.54) is 7.11 Å². The number of nitrogens with zero attached hydrogens (tertiary/aromatic N) is 1. The van der Waals surface area contributed by atoms with Crippen LogP contribution in [-0.4, -0.2) is 27.1 Å². The van der Waals surface area contributed by atoms with Gasteiger partial charge in [0.1, 0.15) is 10.6 Å². The minimum absolute atomic E-state index is 0.181. The van der Waals surface area contributed by atoms with Crippen LogP contribution in [0.4, 0.5) is 0 Å². The molecule has 2 aromatic rings. The van der Waals surface area contributed by atoms with Crippen molar-refractivity contribution >= 4 is 21.4 Å². The van der Waals surface area contributed by atoms with Crippen LogP contribution in [0.2, 0.25) is 0 Å². The number of ether oxygens (including phenoxy) is 1. The zero-order valence-corrected chi connectivity index (χ0v) is 14.6. The highest BCUT2D eigenvalue weighted by atomic mass is 32.2. The van der Waals surface area contributed by atoms with Crippen LogP contribution >= 0.6 is 11.3 Å². The number of methoxy groups -OCH3 is 1. The lowest BCUT2D eigenvalue weighted by Crippen LogP contribution is -2.25. The Balaban J connectivity index is 1.98. The van der Waals surface area contributed by atoms with Crippen LogP contribution in [0.3, 0.4) is 0 Å². The zero-order chi connectivity index (χ0) is 16.2. The van der Waals surface area contributed by atoms with Crippen LogP contribution in [0.1, 0.15) is 22.7 Å². The van der Waals surface area contributed by atoms with Gasteiger partial charge in [0.2, 0.25) is 10.0 Å². The number of thiazole rings is 1. The maximum atomic E-state index is 12.4. The molecule has 0 saturated heterocycles. The number of sulfonamides is 1. The van der Waals surface area contributed by atoms with E-state index in [0.29, 0.717) is 18.7 Å². The standard InChI is InChI=1S/C15H20N2O3S2/c1-11-6-7-13(20-3)14(9-11)22(18,19)16-8-4-5-15-17-12(2)10-21-15/h6-7,9-10,16H,4-5,8H2,1-3H3. The third kappa shape index (κ3) is 4.28. The Hall–Kier alpha value is -1.44. The lowest BCUT2D eigenvalue weighted by atomic mass is 10.2. The van der Waals surface area contributed by atoms with E-state index in [-0.39, 0.29) is 4.90 Å². The Bertz CT molecular complexity index is 739. The number of rotatable bonds is 7. The van der Waals surface area contributed by atoms with Crippen molar-refractivity contribution in [3.63, 3.8) is 0 Å². The number of hydrogen-bond acceptors (Lipinski definition) is 5. The minimum atomic E-state index is -3.57. The smallest absolute Gasteiger partial charge is 0.244 e. The first-order chi connectivity index (χ1) is 10.4. The summed E-state index contributed by atoms with van der Waals surface area (Å²) in [5.41, 5.74) is 1.88. The van der Waals surface area contributed by atoms with Crippen LogP contribution in [0, 0.1) is 13.8 Å². The summed E-state index contributed by atoms with van der Waals surface area (Å²) in [5, 5.41) is 3.03. The van der Waals surface area contributed by atoms with Gasteiger partial charge in [0.05, 0.1) is 12.1 Å². The number of aromatic nitrogens is 1. The van der Waals surface area contributed by atoms with Crippen LogP contribution in [-0.2, 0) is 16.4 Å². The van der Waals surface area contributed by atoms with Gasteiger partial charge < -0.3 is 4.74 Å². The van der Waals surface area contributed by atoms with Crippen molar-refractivity contribution in [3.05, 3.63) is 39.8 Å². The van der Waals surface area contributed by atoms with E-state index in [0.717, 1.165) is 22.7 Å². The number of hydrogen-bond donors (Lipinski definition) is 1. The predicted octanol–water partition coefficient (Wildman–Crippen LogP) is 2.68. The highest BCUT2D eigenvalue weighted by Crippen LogP contribution is 2.24. The van der Waals surface area contributed by atoms with Gasteiger partial charge in [-0.1, -0.05) is 6.07 Å². The molecule has 0 radical (unpaired) electrons. The number of benzene rings is 1. The second-order valence-electron chi connectivity index (χ2n) is 5.04. The maximum Gasteiger partial charge on any atom is 0.244 e. The van der Waals surface area contributed by atoms with E-state index < -0.39 is 10.0 Å². The molecule has 0 unspecified atom stereocenters. The fraction of sp³-hybridized carbons (Fsp3) is 0.400. The summed E-state index contributed by atoms with van der Waals surface area (Å²) in [5.74, 6) is 0.355. The first kappa shape index (κ1) is 16.9. The molecular formula is C15H20N2O3S2. The van der Waals surface area contributed by atoms with Crippen molar-refractivity contribution in [2.45, 2.75) is 31.6 Å². The molecule has 0 atom stereocenters. The summed E-state index contributed by atoms with van der Waals surface area (Å²) < 4.78 is 32.5. The molecule has 0 aliphatic rings. The van der Waals surface area contributed by atoms with E-state index in [9.17, 15) is 8.42 Å². The lowest BCUT2D eigenvalue weighted by Gasteiger charge is -2.11. The third-order valence-electron chi connectivity index (χ3n) is 3.13. The van der Waals surface area contributed by atoms with Gasteiger partial charge in [-0.3, -0.25) is 0 Å². The Labute approximate surface area is 135 Å². The summed E-state index contributed by atoms with van der Waals surface area (Å²) >= 11 is 1.60. The van der Waals surface area contributed by atoms with Crippen molar-refractivity contribution in [2.75, 3.05) is 13.7 Å². The molecule has 0 bridgehead atoms. The summed E-state index contributed by atoms with van der Waals surface area (Å²) in [6.07, 6.45) is 1.48. The fourth-order valence-electron chi connectivity index (χ4n) is 2.04. The van der Waals surface area contributed by atoms with Gasteiger partial charge in [-0.15, -0.1) is 11.3 Å². The van der Waals surface area contributed by atoms with Crippen LogP contribution in [0.5, 0.6) is 5.75 Å². The van der Waals surface area contributed by atoms with Gasteiger partial charge in [0.25, 0.3) is 0 Å². The van der Waals surface area contributed by atoms with Crippen LogP contribution < -0.4 is 9.46 Å². The molecule has 7 heteroatoms. The number of aryl methyl sites for hydroxylation is 3. The predicted molar refractivity (Wildman–Crippen MR) is 88.1 cm³/mol. The molecular weight excluding hydrogens is 320 g/mol. The first-order valence-corrected chi connectivity index (χ1v) is 9.34. The van der Waals surface area contributed by atoms with Gasteiger partial charge in [-0.05, 0) is 38.0 Å². The van der Waals surface area contributed by atoms with Crippen molar-refractivity contribution < 1.29 is 13.2 Å². The molecule has 0 aliphatic carbocycles. The highest BCUT2D eigenvalue weighted by molar-refractivity contribution is 7.89. The van der Waals surface area contributed by atoms with Gasteiger partial charge in [-0.2, -0.15) is 0 Å². The average molecular weight is 340 g/mol. The van der Waals surface area contributed by atoms with Crippen molar-refractivity contribution in [1.29, 1.82) is 0 Å². The molecule has 2 rings (SSSR count). The molecule has 22 heavy (non-hydrogen) atoms. The largest absolute Gasteiger partial charge is 0.495 e. The van der Waals surface area contributed by atoms with Gasteiger partial charge >= 0.3 is 0 Å². The van der Waals surface area contributed by atoms with E-state index in [2.05, 4.69) is 9.71 Å². The molecule has 0 saturated carbocycles. The first-order valence-electron chi connectivity index (χ1n) is 6.97. The van der Waals surface area contributed by atoms with E-state index in [1.807, 2.05) is 25.3 Å². The Kier molecular flexibility index (Phi) is 5.55. The highest BCUT2D eigenvalue weighted by Gasteiger charge is 2.19. The topological polar surface area (TPSA) is 68.3 Å². The minimum Gasteiger partial charge on any atom is -0.495 e. The average Bonchev–Trinajstić information content (AvgIpc) is 2.89. The monoisotopic (exact) mass is 340 g/mol. The lowest BCUT2D eigenvalue weighted by molar-refractivity contribution is 0.402. The summed E-state index contributed by atoms with van der Waals surface area (Å²) in [6, 6.07) is 5.11. The van der Waals surface area contributed by atoms with Crippen molar-refractivity contribution in [1.82, 2.24) is 9.71 Å². The molecule has 1 aromatic carbocycles. The van der Waals surface area contributed by atoms with Crippen molar-refractivity contribution in [3.8, 4) is 5.75 Å². The Morgan fingerprint density at radius 1 is 1.32 bits per heavy atom. The molecule has 1 N–H and O–H groups in total. The maximum absolute atomic E-state index is 12.4. The fourth-order valence-corrected chi connectivity index (χ4v) is 4.18. The zero-order valence-electron chi connectivity index (χ0n) is 12.9. The normalized spacial score (nSPS) is 11.6. The van der Waals surface area contributed by atoms with Gasteiger partial charge in [0.15, 0.2) is 0 Å².